The third kappa shape index (κ3) is 5.04. The Morgan fingerprint density at radius 3 is 2.50 bits per heavy atom. The van der Waals surface area contributed by atoms with Gasteiger partial charge >= 0.3 is 5.97 Å². The second-order valence-corrected chi connectivity index (χ2v) is 5.58. The highest BCUT2D eigenvalue weighted by molar-refractivity contribution is 5.85. The maximum atomic E-state index is 12.1. The zero-order valence-electron chi connectivity index (χ0n) is 14.0. The molecule has 2 aromatic rings. The third-order valence-electron chi connectivity index (χ3n) is 3.74. The number of carboxylic acids is 1. The van der Waals surface area contributed by atoms with Crippen LogP contribution in [0.5, 0.6) is 5.75 Å². The molecule has 0 heterocycles. The highest BCUT2D eigenvalue weighted by Gasteiger charge is 2.23. The number of carboxylic acid groups (broad SMARTS) is 1. The molecule has 2 rings (SSSR count). The second-order valence-electron chi connectivity index (χ2n) is 5.58. The number of non-ortho nitro benzene ring substituents is 1. The molecule has 0 fully saturated rings. The van der Waals surface area contributed by atoms with E-state index in [0.29, 0.717) is 11.3 Å². The average Bonchev–Trinajstić information content (AvgIpc) is 2.61. The van der Waals surface area contributed by atoms with Gasteiger partial charge in [0, 0.05) is 24.1 Å². The molecule has 0 saturated heterocycles. The van der Waals surface area contributed by atoms with Crippen LogP contribution in [0, 0.1) is 10.1 Å². The van der Waals surface area contributed by atoms with Gasteiger partial charge in [-0.15, -0.1) is 0 Å². The van der Waals surface area contributed by atoms with E-state index in [9.17, 15) is 24.8 Å². The van der Waals surface area contributed by atoms with Crippen LogP contribution in [0.3, 0.4) is 0 Å². The number of benzene rings is 2. The molecule has 0 aromatic heterocycles. The lowest BCUT2D eigenvalue weighted by Crippen LogP contribution is -2.43. The van der Waals surface area contributed by atoms with Gasteiger partial charge in [0.05, 0.1) is 18.5 Å². The molecule has 2 aromatic carbocycles. The molecule has 8 heteroatoms. The summed E-state index contributed by atoms with van der Waals surface area (Å²) in [5.74, 6) is -1.37. The van der Waals surface area contributed by atoms with E-state index in [4.69, 9.17) is 4.74 Å². The Kier molecular flexibility index (Phi) is 6.26. The summed E-state index contributed by atoms with van der Waals surface area (Å²) in [4.78, 5) is 34.0. The Balaban J connectivity index is 2.15. The Hall–Kier alpha value is -3.42. The molecule has 0 radical (unpaired) electrons. The van der Waals surface area contributed by atoms with Gasteiger partial charge in [0.1, 0.15) is 11.8 Å². The number of rotatable bonds is 8. The number of ether oxygens (including phenoxy) is 1. The Morgan fingerprint density at radius 2 is 1.92 bits per heavy atom. The number of nitrogens with one attached hydrogen (secondary N) is 1. The van der Waals surface area contributed by atoms with Crippen LogP contribution in [0.2, 0.25) is 0 Å². The van der Waals surface area contributed by atoms with Crippen molar-refractivity contribution < 1.29 is 24.4 Å². The van der Waals surface area contributed by atoms with Crippen molar-refractivity contribution in [2.24, 2.45) is 0 Å². The summed E-state index contributed by atoms with van der Waals surface area (Å²) in [6.07, 6.45) is -0.0998. The lowest BCUT2D eigenvalue weighted by Gasteiger charge is -2.16. The topological polar surface area (TPSA) is 119 Å². The molecule has 8 nitrogen and oxygen atoms in total. The SMILES string of the molecule is COc1ccc([N+](=O)[O-])cc1C[C@@H](NC(=O)Cc1ccccc1)C(=O)O. The van der Waals surface area contributed by atoms with Gasteiger partial charge in [-0.3, -0.25) is 14.9 Å². The molecule has 0 unspecified atom stereocenters. The first-order chi connectivity index (χ1) is 12.4. The van der Waals surface area contributed by atoms with E-state index < -0.39 is 22.8 Å². The van der Waals surface area contributed by atoms with E-state index in [1.165, 1.54) is 25.3 Å². The molecule has 0 saturated carbocycles. The summed E-state index contributed by atoms with van der Waals surface area (Å²) >= 11 is 0. The molecule has 26 heavy (non-hydrogen) atoms. The smallest absolute Gasteiger partial charge is 0.326 e. The molecular weight excluding hydrogens is 340 g/mol. The summed E-state index contributed by atoms with van der Waals surface area (Å²) < 4.78 is 5.13. The average molecular weight is 358 g/mol. The minimum absolute atomic E-state index is 0.0384. The standard InChI is InChI=1S/C18H18N2O6/c1-26-16-8-7-14(20(24)25)10-13(16)11-15(18(22)23)19-17(21)9-12-5-3-2-4-6-12/h2-8,10,15H,9,11H2,1H3,(H,19,21)(H,22,23)/t15-/m1/s1. The lowest BCUT2D eigenvalue weighted by molar-refractivity contribution is -0.384. The maximum absolute atomic E-state index is 12.1. The van der Waals surface area contributed by atoms with Gasteiger partial charge in [0.15, 0.2) is 0 Å². The third-order valence-corrected chi connectivity index (χ3v) is 3.74. The summed E-state index contributed by atoms with van der Waals surface area (Å²) in [6.45, 7) is 0. The number of aliphatic carboxylic acids is 1. The molecule has 0 aliphatic heterocycles. The fourth-order valence-electron chi connectivity index (χ4n) is 2.48. The van der Waals surface area contributed by atoms with Crippen LogP contribution in [-0.4, -0.2) is 35.1 Å². The summed E-state index contributed by atoms with van der Waals surface area (Å²) in [5, 5.41) is 22.8. The quantitative estimate of drug-likeness (QED) is 0.550. The zero-order chi connectivity index (χ0) is 19.1. The van der Waals surface area contributed by atoms with Gasteiger partial charge in [-0.2, -0.15) is 0 Å². The Morgan fingerprint density at radius 1 is 1.23 bits per heavy atom. The molecule has 1 atom stereocenters. The van der Waals surface area contributed by atoms with Crippen LogP contribution in [0.15, 0.2) is 48.5 Å². The fourth-order valence-corrected chi connectivity index (χ4v) is 2.48. The van der Waals surface area contributed by atoms with Crippen molar-refractivity contribution in [2.75, 3.05) is 7.11 Å². The van der Waals surface area contributed by atoms with E-state index in [2.05, 4.69) is 5.32 Å². The van der Waals surface area contributed by atoms with Crippen molar-refractivity contribution in [3.63, 3.8) is 0 Å². The molecule has 1 amide bonds. The Bertz CT molecular complexity index is 807. The molecule has 0 aliphatic carbocycles. The summed E-state index contributed by atoms with van der Waals surface area (Å²) in [6, 6.07) is 11.6. The second kappa shape index (κ2) is 8.61. The number of methoxy groups -OCH3 is 1. The van der Waals surface area contributed by atoms with Gasteiger partial charge < -0.3 is 15.2 Å². The predicted molar refractivity (Wildman–Crippen MR) is 93.1 cm³/mol. The zero-order valence-corrected chi connectivity index (χ0v) is 14.0. The number of amides is 1. The number of carbonyl (C=O) groups excluding carboxylic acids is 1. The van der Waals surface area contributed by atoms with E-state index in [-0.39, 0.29) is 18.5 Å². The van der Waals surface area contributed by atoms with Gasteiger partial charge in [-0.1, -0.05) is 30.3 Å². The molecule has 0 bridgehead atoms. The summed E-state index contributed by atoms with van der Waals surface area (Å²) in [5.41, 5.74) is 0.900. The van der Waals surface area contributed by atoms with Crippen LogP contribution in [0.25, 0.3) is 0 Å². The van der Waals surface area contributed by atoms with E-state index in [0.717, 1.165) is 5.56 Å². The predicted octanol–water partition coefficient (Wildman–Crippen LogP) is 1.96. The van der Waals surface area contributed by atoms with E-state index >= 15 is 0 Å². The minimum Gasteiger partial charge on any atom is -0.496 e. The first-order valence-electron chi connectivity index (χ1n) is 7.78. The van der Waals surface area contributed by atoms with Crippen LogP contribution in [0.4, 0.5) is 5.69 Å². The van der Waals surface area contributed by atoms with Crippen molar-refractivity contribution in [3.05, 3.63) is 69.8 Å². The number of carbonyl (C=O) groups is 2. The van der Waals surface area contributed by atoms with Crippen LogP contribution >= 0.6 is 0 Å². The molecular formula is C18H18N2O6. The number of hydrogen-bond donors (Lipinski definition) is 2. The lowest BCUT2D eigenvalue weighted by atomic mass is 10.0. The molecule has 0 spiro atoms. The minimum atomic E-state index is -1.24. The molecule has 2 N–H and O–H groups in total. The first kappa shape index (κ1) is 18.9. The number of nitrogens with zero attached hydrogens (tertiary/aromatic N) is 1. The van der Waals surface area contributed by atoms with Gasteiger partial charge in [0.25, 0.3) is 5.69 Å². The van der Waals surface area contributed by atoms with Crippen LogP contribution < -0.4 is 10.1 Å². The van der Waals surface area contributed by atoms with Crippen LogP contribution in [0.1, 0.15) is 11.1 Å². The summed E-state index contributed by atoms with van der Waals surface area (Å²) in [7, 11) is 1.38. The van der Waals surface area contributed by atoms with Gasteiger partial charge in [-0.25, -0.2) is 4.79 Å². The molecule has 0 aliphatic rings. The van der Waals surface area contributed by atoms with Crippen molar-refractivity contribution in [2.45, 2.75) is 18.9 Å². The maximum Gasteiger partial charge on any atom is 0.326 e. The first-order valence-corrected chi connectivity index (χ1v) is 7.78. The molecule has 136 valence electrons. The normalized spacial score (nSPS) is 11.4. The monoisotopic (exact) mass is 358 g/mol. The van der Waals surface area contributed by atoms with E-state index in [1.807, 2.05) is 6.07 Å². The van der Waals surface area contributed by atoms with Gasteiger partial charge in [0.2, 0.25) is 5.91 Å². The largest absolute Gasteiger partial charge is 0.496 e. The van der Waals surface area contributed by atoms with Crippen molar-refractivity contribution in [1.82, 2.24) is 5.32 Å². The van der Waals surface area contributed by atoms with Crippen LogP contribution in [-0.2, 0) is 22.4 Å². The van der Waals surface area contributed by atoms with E-state index in [1.54, 1.807) is 24.3 Å². The Labute approximate surface area is 149 Å². The highest BCUT2D eigenvalue weighted by Crippen LogP contribution is 2.25. The number of nitro benzene ring substituents is 1. The fraction of sp³-hybridized carbons (Fsp3) is 0.222. The van der Waals surface area contributed by atoms with Gasteiger partial charge in [-0.05, 0) is 11.6 Å². The van der Waals surface area contributed by atoms with Crippen molar-refractivity contribution in [1.29, 1.82) is 0 Å². The highest BCUT2D eigenvalue weighted by atomic mass is 16.6. The van der Waals surface area contributed by atoms with Crippen molar-refractivity contribution in [3.8, 4) is 5.75 Å². The van der Waals surface area contributed by atoms with Crippen molar-refractivity contribution >= 4 is 17.6 Å². The number of nitro groups is 1. The number of hydrogen-bond acceptors (Lipinski definition) is 5.